The van der Waals surface area contributed by atoms with Crippen LogP contribution in [0.4, 0.5) is 13.2 Å². The van der Waals surface area contributed by atoms with Gasteiger partial charge >= 0.3 is 12.1 Å². The highest BCUT2D eigenvalue weighted by atomic mass is 19.4. The molecule has 5 rings (SSSR count). The lowest BCUT2D eigenvalue weighted by molar-refractivity contribution is -0.192. The van der Waals surface area contributed by atoms with E-state index in [2.05, 4.69) is 22.9 Å². The van der Waals surface area contributed by atoms with E-state index in [9.17, 15) is 22.8 Å². The van der Waals surface area contributed by atoms with Crippen molar-refractivity contribution in [2.24, 2.45) is 10.8 Å². The highest BCUT2D eigenvalue weighted by Gasteiger charge is 2.65. The topological polar surface area (TPSA) is 107 Å². The fraction of sp³-hybridized carbons (Fsp3) is 0.538. The Morgan fingerprint density at radius 2 is 1.82 bits per heavy atom. The van der Waals surface area contributed by atoms with Crippen LogP contribution in [-0.2, 0) is 16.1 Å². The van der Waals surface area contributed by atoms with E-state index >= 15 is 0 Å². The Balaban J connectivity index is 0.000000426. The Kier molecular flexibility index (Phi) is 7.82. The SMILES string of the molecule is CCN1CCC2(CN(Cc3cccnc3)CC23CCN(C(=O)c2ccco2)CC3)C1=O.O=C(O)C(F)(F)F. The quantitative estimate of drug-likeness (QED) is 0.639. The number of piperidine rings is 1. The molecule has 3 aliphatic heterocycles. The van der Waals surface area contributed by atoms with Gasteiger partial charge in [-0.25, -0.2) is 4.79 Å². The summed E-state index contributed by atoms with van der Waals surface area (Å²) >= 11 is 0. The van der Waals surface area contributed by atoms with Crippen LogP contribution in [0.1, 0.15) is 42.3 Å². The highest BCUT2D eigenvalue weighted by Crippen LogP contribution is 2.58. The van der Waals surface area contributed by atoms with E-state index in [1.807, 2.05) is 22.1 Å². The van der Waals surface area contributed by atoms with Gasteiger partial charge in [0.25, 0.3) is 5.91 Å². The van der Waals surface area contributed by atoms with Gasteiger partial charge in [-0.1, -0.05) is 6.07 Å². The monoisotopic (exact) mass is 536 g/mol. The van der Waals surface area contributed by atoms with Gasteiger partial charge < -0.3 is 19.3 Å². The molecule has 9 nitrogen and oxygen atoms in total. The standard InChI is InChI=1S/C24H30N4O3.C2HF3O2/c1-2-27-13-9-24(22(27)30)18-26(16-19-5-3-10-25-15-19)17-23(24)7-11-28(12-8-23)21(29)20-6-4-14-31-20;3-2(4,5)1(6)7/h3-6,10,14-15H,2,7-9,11-13,16-18H2,1H3;(H,6,7). The molecule has 1 atom stereocenters. The van der Waals surface area contributed by atoms with Gasteiger partial charge in [-0.3, -0.25) is 19.5 Å². The number of rotatable bonds is 4. The zero-order valence-corrected chi connectivity index (χ0v) is 21.1. The molecule has 0 aromatic carbocycles. The summed E-state index contributed by atoms with van der Waals surface area (Å²) in [6, 6.07) is 7.54. The molecule has 2 amide bonds. The van der Waals surface area contributed by atoms with Gasteiger partial charge in [-0.05, 0) is 49.9 Å². The van der Waals surface area contributed by atoms with Gasteiger partial charge in [0.2, 0.25) is 5.91 Å². The predicted molar refractivity (Wildman–Crippen MR) is 129 cm³/mol. The summed E-state index contributed by atoms with van der Waals surface area (Å²) in [5.74, 6) is -2.10. The van der Waals surface area contributed by atoms with E-state index in [0.29, 0.717) is 24.8 Å². The summed E-state index contributed by atoms with van der Waals surface area (Å²) in [6.45, 7) is 7.51. The van der Waals surface area contributed by atoms with Gasteiger partial charge in [0.05, 0.1) is 11.7 Å². The predicted octanol–water partition coefficient (Wildman–Crippen LogP) is 3.28. The zero-order valence-electron chi connectivity index (χ0n) is 21.1. The minimum Gasteiger partial charge on any atom is -0.475 e. The number of hydrogen-bond acceptors (Lipinski definition) is 6. The Morgan fingerprint density at radius 1 is 1.11 bits per heavy atom. The van der Waals surface area contributed by atoms with Gasteiger partial charge in [0.15, 0.2) is 5.76 Å². The molecule has 2 aromatic rings. The second kappa shape index (κ2) is 10.8. The molecule has 0 aliphatic carbocycles. The Bertz CT molecular complexity index is 1130. The normalized spacial score (nSPS) is 23.1. The number of carbonyl (C=O) groups excluding carboxylic acids is 2. The molecule has 2 spiro atoms. The smallest absolute Gasteiger partial charge is 0.475 e. The second-order valence-corrected chi connectivity index (χ2v) is 10.1. The lowest BCUT2D eigenvalue weighted by Gasteiger charge is -2.46. The Morgan fingerprint density at radius 3 is 2.34 bits per heavy atom. The number of fused-ring (bicyclic) bond motifs is 1. The van der Waals surface area contributed by atoms with E-state index in [4.69, 9.17) is 14.3 Å². The van der Waals surface area contributed by atoms with E-state index in [-0.39, 0.29) is 16.7 Å². The van der Waals surface area contributed by atoms with Crippen molar-refractivity contribution in [1.29, 1.82) is 0 Å². The molecule has 3 saturated heterocycles. The number of pyridine rings is 1. The van der Waals surface area contributed by atoms with Crippen LogP contribution in [0, 0.1) is 10.8 Å². The molecule has 3 aliphatic rings. The number of carboxylic acids is 1. The summed E-state index contributed by atoms with van der Waals surface area (Å²) in [7, 11) is 0. The number of carbonyl (C=O) groups is 3. The number of furan rings is 1. The van der Waals surface area contributed by atoms with Crippen molar-refractivity contribution >= 4 is 17.8 Å². The van der Waals surface area contributed by atoms with Crippen molar-refractivity contribution in [3.63, 3.8) is 0 Å². The highest BCUT2D eigenvalue weighted by molar-refractivity contribution is 5.91. The third-order valence-corrected chi connectivity index (χ3v) is 8.03. The minimum atomic E-state index is -5.08. The molecule has 0 bridgehead atoms. The van der Waals surface area contributed by atoms with Crippen LogP contribution in [0.2, 0.25) is 0 Å². The van der Waals surface area contributed by atoms with Crippen LogP contribution >= 0.6 is 0 Å². The van der Waals surface area contributed by atoms with E-state index in [0.717, 1.165) is 52.0 Å². The van der Waals surface area contributed by atoms with Gasteiger partial charge in [0, 0.05) is 63.6 Å². The maximum Gasteiger partial charge on any atom is 0.490 e. The number of halogens is 3. The Hall–Kier alpha value is -3.41. The number of hydrogen-bond donors (Lipinski definition) is 1. The molecule has 38 heavy (non-hydrogen) atoms. The third kappa shape index (κ3) is 5.27. The molecular formula is C26H31F3N4O5. The van der Waals surface area contributed by atoms with E-state index in [1.54, 1.807) is 18.3 Å². The molecule has 206 valence electrons. The Labute approximate surface area is 218 Å². The average Bonchev–Trinajstić information content (AvgIpc) is 3.60. The fourth-order valence-corrected chi connectivity index (χ4v) is 6.15. The van der Waals surface area contributed by atoms with Gasteiger partial charge in [-0.15, -0.1) is 0 Å². The van der Waals surface area contributed by atoms with Gasteiger partial charge in [0.1, 0.15) is 0 Å². The summed E-state index contributed by atoms with van der Waals surface area (Å²) in [6.07, 6.45) is 2.78. The number of aromatic nitrogens is 1. The van der Waals surface area contributed by atoms with Crippen molar-refractivity contribution in [3.8, 4) is 0 Å². The third-order valence-electron chi connectivity index (χ3n) is 8.03. The minimum absolute atomic E-state index is 0.0490. The van der Waals surface area contributed by atoms with Gasteiger partial charge in [-0.2, -0.15) is 13.2 Å². The molecule has 0 saturated carbocycles. The molecule has 1 N–H and O–H groups in total. The molecule has 2 aromatic heterocycles. The molecule has 5 heterocycles. The van der Waals surface area contributed by atoms with Crippen molar-refractivity contribution in [2.75, 3.05) is 39.3 Å². The van der Waals surface area contributed by atoms with Crippen LogP contribution in [-0.4, -0.2) is 88.0 Å². The van der Waals surface area contributed by atoms with Crippen molar-refractivity contribution in [1.82, 2.24) is 19.7 Å². The molecule has 1 unspecified atom stereocenters. The lowest BCUT2D eigenvalue weighted by atomic mass is 9.60. The number of nitrogens with zero attached hydrogens (tertiary/aromatic N) is 4. The summed E-state index contributed by atoms with van der Waals surface area (Å²) < 4.78 is 37.1. The summed E-state index contributed by atoms with van der Waals surface area (Å²) in [5, 5.41) is 7.12. The summed E-state index contributed by atoms with van der Waals surface area (Å²) in [5.41, 5.74) is 0.749. The molecular weight excluding hydrogens is 505 g/mol. The largest absolute Gasteiger partial charge is 0.490 e. The van der Waals surface area contributed by atoms with E-state index in [1.165, 1.54) is 11.8 Å². The first-order valence-electron chi connectivity index (χ1n) is 12.5. The number of alkyl halides is 3. The second-order valence-electron chi connectivity index (χ2n) is 10.1. The van der Waals surface area contributed by atoms with Crippen LogP contribution in [0.5, 0.6) is 0 Å². The fourth-order valence-electron chi connectivity index (χ4n) is 6.15. The molecule has 0 radical (unpaired) electrons. The number of likely N-dealkylation sites (tertiary alicyclic amines) is 3. The first-order valence-corrected chi connectivity index (χ1v) is 12.5. The van der Waals surface area contributed by atoms with Crippen LogP contribution in [0.3, 0.4) is 0 Å². The first-order chi connectivity index (χ1) is 18.0. The number of carboxylic acid groups (broad SMARTS) is 1. The van der Waals surface area contributed by atoms with Crippen molar-refractivity contribution in [3.05, 3.63) is 54.2 Å². The van der Waals surface area contributed by atoms with Crippen molar-refractivity contribution < 1.29 is 37.1 Å². The number of amides is 2. The summed E-state index contributed by atoms with van der Waals surface area (Å²) in [4.78, 5) is 45.9. The number of aliphatic carboxylic acids is 1. The maximum atomic E-state index is 13.6. The zero-order chi connectivity index (χ0) is 27.6. The van der Waals surface area contributed by atoms with E-state index < -0.39 is 12.1 Å². The van der Waals surface area contributed by atoms with Crippen LogP contribution < -0.4 is 0 Å². The maximum absolute atomic E-state index is 13.6. The van der Waals surface area contributed by atoms with Crippen molar-refractivity contribution in [2.45, 2.75) is 38.9 Å². The van der Waals surface area contributed by atoms with Crippen LogP contribution in [0.15, 0.2) is 47.3 Å². The molecule has 12 heteroatoms. The lowest BCUT2D eigenvalue weighted by Crippen LogP contribution is -2.53. The molecule has 3 fully saturated rings. The first kappa shape index (κ1) is 27.6. The average molecular weight is 537 g/mol. The van der Waals surface area contributed by atoms with Crippen LogP contribution in [0.25, 0.3) is 0 Å².